The maximum atomic E-state index is 12.7. The number of anilines is 1. The van der Waals surface area contributed by atoms with Gasteiger partial charge in [0.1, 0.15) is 5.69 Å². The van der Waals surface area contributed by atoms with Gasteiger partial charge in [-0.05, 0) is 18.4 Å². The summed E-state index contributed by atoms with van der Waals surface area (Å²) in [6.45, 7) is 3.96. The zero-order chi connectivity index (χ0) is 15.9. The van der Waals surface area contributed by atoms with Crippen LogP contribution in [0.25, 0.3) is 0 Å². The van der Waals surface area contributed by atoms with E-state index in [2.05, 4.69) is 16.9 Å². The molecule has 0 aromatic carbocycles. The number of amides is 1. The molecule has 0 spiro atoms. The molecule has 2 atom stereocenters. The van der Waals surface area contributed by atoms with Gasteiger partial charge in [-0.1, -0.05) is 6.92 Å². The number of piperazine rings is 1. The monoisotopic (exact) mass is 314 g/mol. The van der Waals surface area contributed by atoms with Crippen molar-refractivity contribution in [3.63, 3.8) is 0 Å². The Morgan fingerprint density at radius 2 is 1.91 bits per heavy atom. The maximum Gasteiger partial charge on any atom is 0.433 e. The molecule has 1 aromatic heterocycles. The summed E-state index contributed by atoms with van der Waals surface area (Å²) >= 11 is 0. The molecule has 1 amide bonds. The number of hydrogen-bond donors (Lipinski definition) is 0. The summed E-state index contributed by atoms with van der Waals surface area (Å²) in [7, 11) is 0. The predicted molar refractivity (Wildman–Crippen MR) is 73.1 cm³/mol. The second-order valence-corrected chi connectivity index (χ2v) is 5.87. The number of aromatic nitrogens is 2. The lowest BCUT2D eigenvalue weighted by molar-refractivity contribution is -0.141. The number of alkyl halides is 3. The Balaban J connectivity index is 1.63. The molecule has 1 aromatic rings. The summed E-state index contributed by atoms with van der Waals surface area (Å²) in [5, 5.41) is 0. The minimum absolute atomic E-state index is 0.0710. The molecule has 22 heavy (non-hydrogen) atoms. The molecule has 1 aliphatic heterocycles. The Morgan fingerprint density at radius 3 is 2.45 bits per heavy atom. The molecule has 8 heteroatoms. The third kappa shape index (κ3) is 3.00. The molecule has 2 aliphatic rings. The molecule has 5 nitrogen and oxygen atoms in total. The average molecular weight is 314 g/mol. The van der Waals surface area contributed by atoms with E-state index in [-0.39, 0.29) is 17.8 Å². The van der Waals surface area contributed by atoms with Crippen LogP contribution in [0.3, 0.4) is 0 Å². The van der Waals surface area contributed by atoms with E-state index >= 15 is 0 Å². The molecule has 1 saturated carbocycles. The summed E-state index contributed by atoms with van der Waals surface area (Å²) in [5.41, 5.74) is -0.942. The summed E-state index contributed by atoms with van der Waals surface area (Å²) < 4.78 is 38.0. The van der Waals surface area contributed by atoms with Crippen LogP contribution in [0.2, 0.25) is 0 Å². The van der Waals surface area contributed by atoms with Gasteiger partial charge in [-0.3, -0.25) is 4.79 Å². The third-order valence-electron chi connectivity index (χ3n) is 4.23. The fourth-order valence-electron chi connectivity index (χ4n) is 2.69. The van der Waals surface area contributed by atoms with Gasteiger partial charge in [0.05, 0.1) is 0 Å². The van der Waals surface area contributed by atoms with Crippen LogP contribution >= 0.6 is 0 Å². The van der Waals surface area contributed by atoms with Crippen LogP contribution in [0.4, 0.5) is 19.1 Å². The van der Waals surface area contributed by atoms with Crippen LogP contribution in [-0.4, -0.2) is 47.0 Å². The first-order valence-electron chi connectivity index (χ1n) is 7.30. The summed E-state index contributed by atoms with van der Waals surface area (Å²) in [6.07, 6.45) is -2.41. The van der Waals surface area contributed by atoms with Gasteiger partial charge in [-0.2, -0.15) is 13.2 Å². The van der Waals surface area contributed by atoms with Gasteiger partial charge in [0.15, 0.2) is 0 Å². The van der Waals surface area contributed by atoms with E-state index < -0.39 is 11.9 Å². The van der Waals surface area contributed by atoms with E-state index in [4.69, 9.17) is 0 Å². The minimum Gasteiger partial charge on any atom is -0.339 e. The van der Waals surface area contributed by atoms with Crippen molar-refractivity contribution >= 4 is 11.9 Å². The van der Waals surface area contributed by atoms with Crippen LogP contribution in [0.15, 0.2) is 12.3 Å². The first-order chi connectivity index (χ1) is 10.4. The first kappa shape index (κ1) is 15.1. The van der Waals surface area contributed by atoms with Gasteiger partial charge in [-0.25, -0.2) is 9.97 Å². The SMILES string of the molecule is C[C@@H]1C[C@H]1C(=O)N1CCN(c2nccc(C(F)(F)F)n2)CC1. The van der Waals surface area contributed by atoms with Gasteiger partial charge in [-0.15, -0.1) is 0 Å². The smallest absolute Gasteiger partial charge is 0.339 e. The molecule has 0 unspecified atom stereocenters. The van der Waals surface area contributed by atoms with Gasteiger partial charge in [0, 0.05) is 38.3 Å². The lowest BCUT2D eigenvalue weighted by atomic mass is 10.2. The van der Waals surface area contributed by atoms with Crippen molar-refractivity contribution in [1.82, 2.24) is 14.9 Å². The Labute approximate surface area is 126 Å². The van der Waals surface area contributed by atoms with Crippen molar-refractivity contribution in [1.29, 1.82) is 0 Å². The van der Waals surface area contributed by atoms with Gasteiger partial charge >= 0.3 is 6.18 Å². The van der Waals surface area contributed by atoms with E-state index in [1.807, 2.05) is 0 Å². The van der Waals surface area contributed by atoms with E-state index in [1.165, 1.54) is 0 Å². The topological polar surface area (TPSA) is 49.3 Å². The fraction of sp³-hybridized carbons (Fsp3) is 0.643. The van der Waals surface area contributed by atoms with Crippen molar-refractivity contribution in [2.24, 2.45) is 11.8 Å². The molecule has 1 saturated heterocycles. The van der Waals surface area contributed by atoms with Gasteiger partial charge < -0.3 is 9.80 Å². The van der Waals surface area contributed by atoms with Gasteiger partial charge in [0.25, 0.3) is 0 Å². The number of hydrogen-bond acceptors (Lipinski definition) is 4. The number of nitrogens with zero attached hydrogens (tertiary/aromatic N) is 4. The molecule has 0 N–H and O–H groups in total. The Kier molecular flexibility index (Phi) is 3.70. The second kappa shape index (κ2) is 5.40. The Morgan fingerprint density at radius 1 is 1.27 bits per heavy atom. The van der Waals surface area contributed by atoms with Crippen molar-refractivity contribution in [3.05, 3.63) is 18.0 Å². The van der Waals surface area contributed by atoms with Crippen molar-refractivity contribution in [2.75, 3.05) is 31.1 Å². The normalized spacial score (nSPS) is 25.3. The van der Waals surface area contributed by atoms with Crippen LogP contribution in [0, 0.1) is 11.8 Å². The minimum atomic E-state index is -4.47. The van der Waals surface area contributed by atoms with E-state index in [9.17, 15) is 18.0 Å². The highest BCUT2D eigenvalue weighted by Gasteiger charge is 2.42. The zero-order valence-corrected chi connectivity index (χ0v) is 12.2. The van der Waals surface area contributed by atoms with Crippen LogP contribution in [0.5, 0.6) is 0 Å². The van der Waals surface area contributed by atoms with Crippen molar-refractivity contribution < 1.29 is 18.0 Å². The molecule has 0 bridgehead atoms. The van der Waals surface area contributed by atoms with E-state index in [0.29, 0.717) is 32.1 Å². The molecule has 2 heterocycles. The largest absolute Gasteiger partial charge is 0.433 e. The predicted octanol–water partition coefficient (Wildman–Crippen LogP) is 1.80. The lowest BCUT2D eigenvalue weighted by Gasteiger charge is -2.35. The average Bonchev–Trinajstić information content (AvgIpc) is 3.23. The van der Waals surface area contributed by atoms with Crippen LogP contribution < -0.4 is 4.90 Å². The highest BCUT2D eigenvalue weighted by Crippen LogP contribution is 2.39. The van der Waals surface area contributed by atoms with E-state index in [0.717, 1.165) is 18.7 Å². The second-order valence-electron chi connectivity index (χ2n) is 5.87. The zero-order valence-electron chi connectivity index (χ0n) is 12.2. The lowest BCUT2D eigenvalue weighted by Crippen LogP contribution is -2.50. The summed E-state index contributed by atoms with van der Waals surface area (Å²) in [5.74, 6) is 0.826. The summed E-state index contributed by atoms with van der Waals surface area (Å²) in [6, 6.07) is 0.859. The molecule has 2 fully saturated rings. The fourth-order valence-corrected chi connectivity index (χ4v) is 2.69. The van der Waals surface area contributed by atoms with Gasteiger partial charge in [0.2, 0.25) is 11.9 Å². The van der Waals surface area contributed by atoms with E-state index in [1.54, 1.807) is 9.80 Å². The maximum absolute atomic E-state index is 12.7. The van der Waals surface area contributed by atoms with Crippen LogP contribution in [0.1, 0.15) is 19.0 Å². The number of carbonyl (C=O) groups excluding carboxylic acids is 1. The van der Waals surface area contributed by atoms with Crippen molar-refractivity contribution in [3.8, 4) is 0 Å². The standard InChI is InChI=1S/C14H17F3N4O/c1-9-8-10(9)12(22)20-4-6-21(7-5-20)13-18-3-2-11(19-13)14(15,16)17/h2-3,9-10H,4-8H2,1H3/t9-,10-/m1/s1. The molecule has 3 rings (SSSR count). The number of carbonyl (C=O) groups is 1. The first-order valence-corrected chi connectivity index (χ1v) is 7.30. The van der Waals surface area contributed by atoms with Crippen LogP contribution in [-0.2, 0) is 11.0 Å². The Hall–Kier alpha value is -1.86. The summed E-state index contributed by atoms with van der Waals surface area (Å²) in [4.78, 5) is 23.1. The molecule has 1 aliphatic carbocycles. The highest BCUT2D eigenvalue weighted by molar-refractivity contribution is 5.81. The molecular weight excluding hydrogens is 297 g/mol. The van der Waals surface area contributed by atoms with Crippen molar-refractivity contribution in [2.45, 2.75) is 19.5 Å². The Bertz CT molecular complexity index is 569. The third-order valence-corrected chi connectivity index (χ3v) is 4.23. The molecular formula is C14H17F3N4O. The highest BCUT2D eigenvalue weighted by atomic mass is 19.4. The number of halogens is 3. The quantitative estimate of drug-likeness (QED) is 0.835. The molecule has 0 radical (unpaired) electrons. The number of rotatable bonds is 2. The molecule has 120 valence electrons.